The number of nitriles is 1. The Bertz CT molecular complexity index is 1520. The van der Waals surface area contributed by atoms with Gasteiger partial charge in [0.1, 0.15) is 24.0 Å². The molecule has 5 nitrogen and oxygen atoms in total. The standard InChI is InChI=1S/C31H27Cl2N3O2/c1-3-36(4-2)26-14-12-25(13-15-26)35-31(37)23(19-34)17-28-27-8-6-5-7-21(27)10-16-30(28)38-20-22-9-11-24(32)18-29(22)33/h5-18H,3-4,20H2,1-2H3,(H,35,37)/b23-17-. The first-order valence-corrected chi connectivity index (χ1v) is 13.1. The van der Waals surface area contributed by atoms with Gasteiger partial charge in [0.2, 0.25) is 0 Å². The van der Waals surface area contributed by atoms with Gasteiger partial charge in [-0.05, 0) is 73.2 Å². The smallest absolute Gasteiger partial charge is 0.266 e. The van der Waals surface area contributed by atoms with Gasteiger partial charge in [-0.2, -0.15) is 5.26 Å². The lowest BCUT2D eigenvalue weighted by atomic mass is 10.0. The van der Waals surface area contributed by atoms with Crippen molar-refractivity contribution in [2.24, 2.45) is 0 Å². The van der Waals surface area contributed by atoms with Crippen molar-refractivity contribution < 1.29 is 9.53 Å². The van der Waals surface area contributed by atoms with Crippen LogP contribution in [0.15, 0.2) is 84.4 Å². The number of nitrogens with zero attached hydrogens (tertiary/aromatic N) is 2. The van der Waals surface area contributed by atoms with Crippen LogP contribution in [0, 0.1) is 11.3 Å². The van der Waals surface area contributed by atoms with Crippen molar-refractivity contribution in [1.82, 2.24) is 0 Å². The van der Waals surface area contributed by atoms with Gasteiger partial charge in [0.25, 0.3) is 5.91 Å². The van der Waals surface area contributed by atoms with Crippen LogP contribution in [-0.4, -0.2) is 19.0 Å². The predicted octanol–water partition coefficient (Wildman–Crippen LogP) is 8.12. The summed E-state index contributed by atoms with van der Waals surface area (Å²) in [5, 5.41) is 15.6. The molecular weight excluding hydrogens is 517 g/mol. The van der Waals surface area contributed by atoms with Gasteiger partial charge in [0.15, 0.2) is 0 Å². The summed E-state index contributed by atoms with van der Waals surface area (Å²) in [4.78, 5) is 15.3. The van der Waals surface area contributed by atoms with Gasteiger partial charge < -0.3 is 15.0 Å². The molecule has 0 aliphatic carbocycles. The molecule has 4 aromatic carbocycles. The largest absolute Gasteiger partial charge is 0.488 e. The number of hydrogen-bond acceptors (Lipinski definition) is 4. The van der Waals surface area contributed by atoms with Crippen molar-refractivity contribution in [2.45, 2.75) is 20.5 Å². The Morgan fingerprint density at radius 3 is 2.42 bits per heavy atom. The summed E-state index contributed by atoms with van der Waals surface area (Å²) in [6, 6.07) is 26.4. The topological polar surface area (TPSA) is 65.4 Å². The fourth-order valence-corrected chi connectivity index (χ4v) is 4.64. The lowest BCUT2D eigenvalue weighted by Gasteiger charge is -2.21. The molecule has 0 atom stereocenters. The third-order valence-electron chi connectivity index (χ3n) is 6.24. The van der Waals surface area contributed by atoms with Gasteiger partial charge >= 0.3 is 0 Å². The lowest BCUT2D eigenvalue weighted by Crippen LogP contribution is -2.21. The maximum Gasteiger partial charge on any atom is 0.266 e. The van der Waals surface area contributed by atoms with Crippen molar-refractivity contribution in [2.75, 3.05) is 23.3 Å². The van der Waals surface area contributed by atoms with E-state index in [2.05, 4.69) is 24.1 Å². The summed E-state index contributed by atoms with van der Waals surface area (Å²) in [6.45, 7) is 6.17. The number of ether oxygens (including phenoxy) is 1. The third kappa shape index (κ3) is 6.28. The number of amides is 1. The number of nitrogens with one attached hydrogen (secondary N) is 1. The average molecular weight is 544 g/mol. The molecule has 7 heteroatoms. The monoisotopic (exact) mass is 543 g/mol. The molecule has 0 spiro atoms. The fraction of sp³-hybridized carbons (Fsp3) is 0.161. The second kappa shape index (κ2) is 12.5. The summed E-state index contributed by atoms with van der Waals surface area (Å²) in [7, 11) is 0. The van der Waals surface area contributed by atoms with Crippen molar-refractivity contribution in [3.05, 3.63) is 106 Å². The molecule has 38 heavy (non-hydrogen) atoms. The van der Waals surface area contributed by atoms with Crippen molar-refractivity contribution in [1.29, 1.82) is 5.26 Å². The van der Waals surface area contributed by atoms with E-state index in [0.29, 0.717) is 27.0 Å². The molecule has 0 aliphatic rings. The van der Waals surface area contributed by atoms with E-state index < -0.39 is 5.91 Å². The molecule has 0 heterocycles. The van der Waals surface area contributed by atoms with E-state index in [1.165, 1.54) is 0 Å². The van der Waals surface area contributed by atoms with Crippen molar-refractivity contribution in [3.8, 4) is 11.8 Å². The van der Waals surface area contributed by atoms with Crippen LogP contribution in [0.2, 0.25) is 10.0 Å². The molecule has 1 amide bonds. The summed E-state index contributed by atoms with van der Waals surface area (Å²) >= 11 is 12.3. The molecule has 192 valence electrons. The molecule has 0 bridgehead atoms. The zero-order valence-corrected chi connectivity index (χ0v) is 22.7. The molecule has 0 fully saturated rings. The zero-order valence-electron chi connectivity index (χ0n) is 21.2. The SMILES string of the molecule is CCN(CC)c1ccc(NC(=O)/C(C#N)=C\c2c(OCc3ccc(Cl)cc3Cl)ccc3ccccc23)cc1. The van der Waals surface area contributed by atoms with Crippen LogP contribution in [0.3, 0.4) is 0 Å². The Morgan fingerprint density at radius 2 is 1.74 bits per heavy atom. The summed E-state index contributed by atoms with van der Waals surface area (Å²) in [5.74, 6) is 0.0292. The normalized spacial score (nSPS) is 11.2. The number of anilines is 2. The Hall–Kier alpha value is -3.98. The second-order valence-corrected chi connectivity index (χ2v) is 9.41. The first-order chi connectivity index (χ1) is 18.4. The fourth-order valence-electron chi connectivity index (χ4n) is 4.18. The second-order valence-electron chi connectivity index (χ2n) is 8.57. The van der Waals surface area contributed by atoms with E-state index >= 15 is 0 Å². The molecular formula is C31H27Cl2N3O2. The first-order valence-electron chi connectivity index (χ1n) is 12.3. The average Bonchev–Trinajstić information content (AvgIpc) is 2.93. The number of carbonyl (C=O) groups excluding carboxylic acids is 1. The third-order valence-corrected chi connectivity index (χ3v) is 6.82. The first kappa shape index (κ1) is 27.1. The predicted molar refractivity (Wildman–Crippen MR) is 157 cm³/mol. The minimum Gasteiger partial charge on any atom is -0.488 e. The van der Waals surface area contributed by atoms with Crippen LogP contribution in [0.1, 0.15) is 25.0 Å². The number of rotatable bonds is 9. The zero-order chi connectivity index (χ0) is 27.1. The van der Waals surface area contributed by atoms with E-state index in [4.69, 9.17) is 27.9 Å². The van der Waals surface area contributed by atoms with Gasteiger partial charge in [0.05, 0.1) is 0 Å². The summed E-state index contributed by atoms with van der Waals surface area (Å²) in [5.41, 5.74) is 3.05. The van der Waals surface area contributed by atoms with Gasteiger partial charge in [0, 0.05) is 45.6 Å². The van der Waals surface area contributed by atoms with Crippen molar-refractivity contribution in [3.63, 3.8) is 0 Å². The molecule has 4 aromatic rings. The van der Waals surface area contributed by atoms with E-state index in [1.54, 1.807) is 24.3 Å². The van der Waals surface area contributed by atoms with Crippen LogP contribution in [0.25, 0.3) is 16.8 Å². The minimum atomic E-state index is -0.497. The van der Waals surface area contributed by atoms with Gasteiger partial charge in [-0.25, -0.2) is 0 Å². The Labute approximate surface area is 232 Å². The Kier molecular flexibility index (Phi) is 8.91. The molecule has 0 saturated carbocycles. The highest BCUT2D eigenvalue weighted by atomic mass is 35.5. The Balaban J connectivity index is 1.63. The van der Waals surface area contributed by atoms with Crippen LogP contribution in [0.4, 0.5) is 11.4 Å². The molecule has 0 radical (unpaired) electrons. The highest BCUT2D eigenvalue weighted by Gasteiger charge is 2.15. The van der Waals surface area contributed by atoms with Gasteiger partial charge in [-0.15, -0.1) is 0 Å². The summed E-state index contributed by atoms with van der Waals surface area (Å²) in [6.07, 6.45) is 1.57. The van der Waals surface area contributed by atoms with Crippen LogP contribution in [-0.2, 0) is 11.4 Å². The number of hydrogen-bond donors (Lipinski definition) is 1. The highest BCUT2D eigenvalue weighted by Crippen LogP contribution is 2.32. The maximum atomic E-state index is 13.1. The molecule has 0 aromatic heterocycles. The number of carbonyl (C=O) groups is 1. The highest BCUT2D eigenvalue weighted by molar-refractivity contribution is 6.35. The van der Waals surface area contributed by atoms with Gasteiger partial charge in [-0.1, -0.05) is 59.6 Å². The summed E-state index contributed by atoms with van der Waals surface area (Å²) < 4.78 is 6.13. The molecule has 0 unspecified atom stereocenters. The molecule has 0 saturated heterocycles. The molecule has 1 N–H and O–H groups in total. The quantitative estimate of drug-likeness (QED) is 0.171. The van der Waals surface area contributed by atoms with Crippen LogP contribution >= 0.6 is 23.2 Å². The van der Waals surface area contributed by atoms with Crippen molar-refractivity contribution >= 4 is 57.3 Å². The van der Waals surface area contributed by atoms with E-state index in [0.717, 1.165) is 35.1 Å². The number of fused-ring (bicyclic) bond motifs is 1. The number of halogens is 2. The van der Waals surface area contributed by atoms with E-state index in [-0.39, 0.29) is 12.2 Å². The lowest BCUT2D eigenvalue weighted by molar-refractivity contribution is -0.112. The molecule has 0 aliphatic heterocycles. The Morgan fingerprint density at radius 1 is 1.00 bits per heavy atom. The van der Waals surface area contributed by atoms with Crippen LogP contribution in [0.5, 0.6) is 5.75 Å². The van der Waals surface area contributed by atoms with E-state index in [1.807, 2.05) is 66.7 Å². The van der Waals surface area contributed by atoms with E-state index in [9.17, 15) is 10.1 Å². The van der Waals surface area contributed by atoms with Gasteiger partial charge in [-0.3, -0.25) is 4.79 Å². The number of benzene rings is 4. The minimum absolute atomic E-state index is 0.0384. The maximum absolute atomic E-state index is 13.1. The van der Waals surface area contributed by atoms with Crippen LogP contribution < -0.4 is 15.0 Å². The molecule has 4 rings (SSSR count).